The van der Waals surface area contributed by atoms with Gasteiger partial charge in [0.1, 0.15) is 6.10 Å². The van der Waals surface area contributed by atoms with Crippen LogP contribution in [0.4, 0.5) is 22.0 Å². The zero-order valence-corrected chi connectivity index (χ0v) is 11.3. The Hall–Kier alpha value is -0.240. The lowest BCUT2D eigenvalue weighted by Gasteiger charge is -2.25. The standard InChI is InChI=1S/C9H16F5O4P/c1-3-4-5-17-19(15,16)18-6(2)7(10)9(13,14)8(11)12/h6-8H,3-5H2,1-2H3,(H,15,16). The van der Waals surface area contributed by atoms with Gasteiger partial charge in [-0.15, -0.1) is 0 Å². The van der Waals surface area contributed by atoms with Gasteiger partial charge in [-0.25, -0.2) is 17.7 Å². The van der Waals surface area contributed by atoms with Crippen LogP contribution in [0.5, 0.6) is 0 Å². The molecule has 0 fully saturated rings. The number of unbranched alkanes of at least 4 members (excludes halogenated alkanes) is 1. The Morgan fingerprint density at radius 3 is 2.26 bits per heavy atom. The Morgan fingerprint density at radius 2 is 1.84 bits per heavy atom. The monoisotopic (exact) mass is 314 g/mol. The average Bonchev–Trinajstić information content (AvgIpc) is 2.27. The average molecular weight is 314 g/mol. The van der Waals surface area contributed by atoms with Crippen molar-refractivity contribution in [3.05, 3.63) is 0 Å². The predicted octanol–water partition coefficient (Wildman–Crippen LogP) is 3.55. The second kappa shape index (κ2) is 7.52. The Balaban J connectivity index is 4.51. The second-order valence-corrected chi connectivity index (χ2v) is 5.25. The van der Waals surface area contributed by atoms with Crippen molar-refractivity contribution in [2.75, 3.05) is 6.61 Å². The molecule has 0 spiro atoms. The minimum absolute atomic E-state index is 0.195. The summed E-state index contributed by atoms with van der Waals surface area (Å²) in [5, 5.41) is 0. The van der Waals surface area contributed by atoms with E-state index in [1.807, 2.05) is 0 Å². The van der Waals surface area contributed by atoms with Gasteiger partial charge in [-0.3, -0.25) is 9.05 Å². The molecule has 0 aliphatic heterocycles. The Bertz CT molecular complexity index is 315. The molecule has 0 saturated carbocycles. The fourth-order valence-electron chi connectivity index (χ4n) is 1.05. The molecule has 3 unspecified atom stereocenters. The van der Waals surface area contributed by atoms with Crippen molar-refractivity contribution in [1.82, 2.24) is 0 Å². The highest BCUT2D eigenvalue weighted by molar-refractivity contribution is 7.47. The number of phosphoric ester groups is 1. The van der Waals surface area contributed by atoms with Gasteiger partial charge in [0.15, 0.2) is 6.17 Å². The van der Waals surface area contributed by atoms with Crippen molar-refractivity contribution >= 4 is 7.82 Å². The van der Waals surface area contributed by atoms with E-state index in [0.29, 0.717) is 19.8 Å². The van der Waals surface area contributed by atoms with Crippen molar-refractivity contribution in [3.63, 3.8) is 0 Å². The van der Waals surface area contributed by atoms with Crippen LogP contribution in [-0.4, -0.2) is 36.1 Å². The molecule has 4 nitrogen and oxygen atoms in total. The van der Waals surface area contributed by atoms with Crippen LogP contribution in [0.25, 0.3) is 0 Å². The fraction of sp³-hybridized carbons (Fsp3) is 1.00. The first-order valence-electron chi connectivity index (χ1n) is 5.50. The van der Waals surface area contributed by atoms with Crippen LogP contribution in [0.2, 0.25) is 0 Å². The molecule has 0 bridgehead atoms. The van der Waals surface area contributed by atoms with Crippen molar-refractivity contribution in [1.29, 1.82) is 0 Å². The predicted molar refractivity (Wildman–Crippen MR) is 57.1 cm³/mol. The van der Waals surface area contributed by atoms with Crippen molar-refractivity contribution in [3.8, 4) is 0 Å². The van der Waals surface area contributed by atoms with Gasteiger partial charge in [-0.2, -0.15) is 8.78 Å². The largest absolute Gasteiger partial charge is 0.472 e. The molecule has 0 heterocycles. The Morgan fingerprint density at radius 1 is 1.32 bits per heavy atom. The van der Waals surface area contributed by atoms with Crippen LogP contribution in [0.3, 0.4) is 0 Å². The van der Waals surface area contributed by atoms with E-state index in [4.69, 9.17) is 4.89 Å². The van der Waals surface area contributed by atoms with Gasteiger partial charge in [0, 0.05) is 0 Å². The zero-order chi connectivity index (χ0) is 15.3. The molecule has 0 radical (unpaired) electrons. The lowest BCUT2D eigenvalue weighted by Crippen LogP contribution is -2.44. The zero-order valence-electron chi connectivity index (χ0n) is 10.4. The van der Waals surface area contributed by atoms with Crippen molar-refractivity contribution < 1.29 is 40.5 Å². The highest BCUT2D eigenvalue weighted by Crippen LogP contribution is 2.46. The summed E-state index contributed by atoms with van der Waals surface area (Å²) < 4.78 is 81.9. The molecule has 0 saturated heterocycles. The smallest absolute Gasteiger partial charge is 0.302 e. The van der Waals surface area contributed by atoms with E-state index >= 15 is 0 Å². The Labute approximate surface area is 107 Å². The van der Waals surface area contributed by atoms with Gasteiger partial charge >= 0.3 is 20.2 Å². The van der Waals surface area contributed by atoms with E-state index in [0.717, 1.165) is 0 Å². The van der Waals surface area contributed by atoms with E-state index in [9.17, 15) is 26.5 Å². The van der Waals surface area contributed by atoms with Crippen molar-refractivity contribution in [2.24, 2.45) is 0 Å². The molecule has 0 aliphatic rings. The lowest BCUT2D eigenvalue weighted by molar-refractivity contribution is -0.189. The number of alkyl halides is 5. The first-order chi connectivity index (χ1) is 8.54. The molecule has 0 aromatic heterocycles. The Kier molecular flexibility index (Phi) is 7.42. The molecule has 0 aromatic carbocycles. The van der Waals surface area contributed by atoms with Gasteiger partial charge in [-0.1, -0.05) is 13.3 Å². The molecular formula is C9H16F5O4P. The molecule has 116 valence electrons. The molecule has 0 rings (SSSR count). The quantitative estimate of drug-likeness (QED) is 0.402. The normalized spacial score (nSPS) is 19.2. The SMILES string of the molecule is CCCCOP(=O)(O)OC(C)C(F)C(F)(F)C(F)F. The lowest BCUT2D eigenvalue weighted by atomic mass is 10.1. The summed E-state index contributed by atoms with van der Waals surface area (Å²) in [7, 11) is -4.75. The molecule has 1 N–H and O–H groups in total. The van der Waals surface area contributed by atoms with Gasteiger partial charge in [0.05, 0.1) is 6.61 Å². The molecule has 0 aliphatic carbocycles. The van der Waals surface area contributed by atoms with Gasteiger partial charge in [0.2, 0.25) is 0 Å². The molecule has 0 amide bonds. The maximum Gasteiger partial charge on any atom is 0.472 e. The van der Waals surface area contributed by atoms with E-state index in [2.05, 4.69) is 9.05 Å². The highest BCUT2D eigenvalue weighted by Gasteiger charge is 2.53. The third-order valence-corrected chi connectivity index (χ3v) is 3.23. The van der Waals surface area contributed by atoms with E-state index in [1.165, 1.54) is 0 Å². The second-order valence-electron chi connectivity index (χ2n) is 3.84. The highest BCUT2D eigenvalue weighted by atomic mass is 31.2. The first kappa shape index (κ1) is 18.8. The van der Waals surface area contributed by atoms with E-state index in [1.54, 1.807) is 6.92 Å². The van der Waals surface area contributed by atoms with Gasteiger partial charge in [-0.05, 0) is 13.3 Å². The number of phosphoric acid groups is 1. The molecule has 0 aromatic rings. The van der Waals surface area contributed by atoms with Crippen molar-refractivity contribution in [2.45, 2.75) is 51.3 Å². The summed E-state index contributed by atoms with van der Waals surface area (Å²) in [5.74, 6) is -4.97. The number of rotatable bonds is 9. The summed E-state index contributed by atoms with van der Waals surface area (Å²) in [6, 6.07) is 0. The van der Waals surface area contributed by atoms with Crippen LogP contribution < -0.4 is 0 Å². The summed E-state index contributed by atoms with van der Waals surface area (Å²) in [6.45, 7) is 2.21. The summed E-state index contributed by atoms with van der Waals surface area (Å²) in [4.78, 5) is 9.08. The number of hydrogen-bond donors (Lipinski definition) is 1. The third-order valence-electron chi connectivity index (χ3n) is 2.12. The summed E-state index contributed by atoms with van der Waals surface area (Å²) >= 11 is 0. The minimum atomic E-state index is -4.97. The minimum Gasteiger partial charge on any atom is -0.302 e. The maximum atomic E-state index is 13.1. The van der Waals surface area contributed by atoms with Crippen LogP contribution in [0.1, 0.15) is 26.7 Å². The third kappa shape index (κ3) is 6.16. The van der Waals surface area contributed by atoms with Gasteiger partial charge < -0.3 is 4.89 Å². The fourth-order valence-corrected chi connectivity index (χ4v) is 2.00. The van der Waals surface area contributed by atoms with Crippen LogP contribution >= 0.6 is 7.82 Å². The van der Waals surface area contributed by atoms with Crippen LogP contribution in [0.15, 0.2) is 0 Å². The van der Waals surface area contributed by atoms with E-state index in [-0.39, 0.29) is 6.61 Å². The summed E-state index contributed by atoms with van der Waals surface area (Å²) in [6.07, 6.45) is -8.86. The molecular weight excluding hydrogens is 298 g/mol. The summed E-state index contributed by atoms with van der Waals surface area (Å²) in [5.41, 5.74) is 0. The maximum absolute atomic E-state index is 13.1. The van der Waals surface area contributed by atoms with Gasteiger partial charge in [0.25, 0.3) is 0 Å². The topological polar surface area (TPSA) is 55.8 Å². The molecule has 10 heteroatoms. The van der Waals surface area contributed by atoms with Crippen LogP contribution in [-0.2, 0) is 13.6 Å². The number of hydrogen-bond acceptors (Lipinski definition) is 3. The van der Waals surface area contributed by atoms with E-state index < -0.39 is 32.4 Å². The van der Waals surface area contributed by atoms with Crippen LogP contribution in [0, 0.1) is 0 Å². The first-order valence-corrected chi connectivity index (χ1v) is 7.00. The number of halogens is 5. The molecule has 3 atom stereocenters. The molecule has 19 heavy (non-hydrogen) atoms.